The highest BCUT2D eigenvalue weighted by Gasteiger charge is 2.22. The summed E-state index contributed by atoms with van der Waals surface area (Å²) < 4.78 is 5.12. The standard InChI is InChI=1S/C11H12N2O2/c1-15-9-3-2-7-6-11(14)10(13-12)5-8(7)4-9/h2-4H,5-6,12H2,1H3. The molecular formula is C11H12N2O2. The van der Waals surface area contributed by atoms with Gasteiger partial charge in [0.25, 0.3) is 0 Å². The van der Waals surface area contributed by atoms with E-state index in [4.69, 9.17) is 10.6 Å². The molecule has 0 heterocycles. The molecule has 0 amide bonds. The lowest BCUT2D eigenvalue weighted by molar-refractivity contribution is -0.112. The predicted octanol–water partition coefficient (Wildman–Crippen LogP) is 0.678. The highest BCUT2D eigenvalue weighted by atomic mass is 16.5. The van der Waals surface area contributed by atoms with Crippen molar-refractivity contribution in [1.29, 1.82) is 0 Å². The third-order valence-corrected chi connectivity index (χ3v) is 2.60. The summed E-state index contributed by atoms with van der Waals surface area (Å²) in [4.78, 5) is 11.5. The lowest BCUT2D eigenvalue weighted by atomic mass is 9.89. The van der Waals surface area contributed by atoms with Gasteiger partial charge in [0.05, 0.1) is 7.11 Å². The maximum atomic E-state index is 11.5. The van der Waals surface area contributed by atoms with Crippen molar-refractivity contribution in [1.82, 2.24) is 0 Å². The molecule has 0 saturated carbocycles. The van der Waals surface area contributed by atoms with Crippen LogP contribution in [0.1, 0.15) is 11.1 Å². The zero-order valence-corrected chi connectivity index (χ0v) is 8.49. The summed E-state index contributed by atoms with van der Waals surface area (Å²) in [5, 5.41) is 3.51. The molecule has 2 rings (SSSR count). The number of rotatable bonds is 1. The molecule has 78 valence electrons. The van der Waals surface area contributed by atoms with Crippen molar-refractivity contribution in [3.05, 3.63) is 29.3 Å². The molecule has 0 radical (unpaired) electrons. The molecule has 0 bridgehead atoms. The number of nitrogens with zero attached hydrogens (tertiary/aromatic N) is 1. The summed E-state index contributed by atoms with van der Waals surface area (Å²) in [5.74, 6) is 5.96. The Balaban J connectivity index is 2.41. The van der Waals surface area contributed by atoms with Crippen molar-refractivity contribution in [3.8, 4) is 5.75 Å². The fourth-order valence-corrected chi connectivity index (χ4v) is 1.74. The third kappa shape index (κ3) is 1.70. The van der Waals surface area contributed by atoms with Gasteiger partial charge in [-0.3, -0.25) is 4.79 Å². The van der Waals surface area contributed by atoms with Gasteiger partial charge < -0.3 is 10.6 Å². The highest BCUT2D eigenvalue weighted by molar-refractivity contribution is 6.41. The average molecular weight is 204 g/mol. The van der Waals surface area contributed by atoms with E-state index in [1.54, 1.807) is 7.11 Å². The Morgan fingerprint density at radius 1 is 1.33 bits per heavy atom. The van der Waals surface area contributed by atoms with Crippen LogP contribution in [0.25, 0.3) is 0 Å². The maximum absolute atomic E-state index is 11.5. The first-order valence-corrected chi connectivity index (χ1v) is 4.70. The molecule has 4 nitrogen and oxygen atoms in total. The van der Waals surface area contributed by atoms with Gasteiger partial charge in [0.2, 0.25) is 0 Å². The van der Waals surface area contributed by atoms with Crippen LogP contribution in [0.15, 0.2) is 23.3 Å². The number of benzene rings is 1. The summed E-state index contributed by atoms with van der Waals surface area (Å²) in [6.07, 6.45) is 0.886. The van der Waals surface area contributed by atoms with E-state index in [0.717, 1.165) is 16.9 Å². The SMILES string of the molecule is COc1ccc2c(c1)CC(=NN)C(=O)C2. The van der Waals surface area contributed by atoms with E-state index in [-0.39, 0.29) is 5.78 Å². The molecule has 4 heteroatoms. The number of Topliss-reactive ketones (excluding diaryl/α,β-unsaturated/α-hetero) is 1. The van der Waals surface area contributed by atoms with E-state index in [9.17, 15) is 4.79 Å². The maximum Gasteiger partial charge on any atom is 0.183 e. The van der Waals surface area contributed by atoms with Crippen LogP contribution in [-0.4, -0.2) is 18.6 Å². The second-order valence-electron chi connectivity index (χ2n) is 3.49. The Hall–Kier alpha value is -1.84. The van der Waals surface area contributed by atoms with Crippen LogP contribution in [0.5, 0.6) is 5.75 Å². The number of carbonyl (C=O) groups is 1. The zero-order valence-electron chi connectivity index (χ0n) is 8.49. The first-order valence-electron chi connectivity index (χ1n) is 4.70. The average Bonchev–Trinajstić information content (AvgIpc) is 2.27. The van der Waals surface area contributed by atoms with Crippen molar-refractivity contribution in [2.75, 3.05) is 7.11 Å². The van der Waals surface area contributed by atoms with E-state index in [1.165, 1.54) is 0 Å². The number of hydrogen-bond acceptors (Lipinski definition) is 4. The third-order valence-electron chi connectivity index (χ3n) is 2.60. The molecule has 1 aliphatic rings. The lowest BCUT2D eigenvalue weighted by Crippen LogP contribution is -2.26. The van der Waals surface area contributed by atoms with E-state index in [0.29, 0.717) is 18.6 Å². The number of carbonyl (C=O) groups excluding carboxylic acids is 1. The van der Waals surface area contributed by atoms with Crippen LogP contribution in [0.4, 0.5) is 0 Å². The van der Waals surface area contributed by atoms with Crippen molar-refractivity contribution in [2.24, 2.45) is 10.9 Å². The van der Waals surface area contributed by atoms with Crippen LogP contribution < -0.4 is 10.6 Å². The molecule has 0 spiro atoms. The molecule has 2 N–H and O–H groups in total. The van der Waals surface area contributed by atoms with Gasteiger partial charge in [-0.2, -0.15) is 5.10 Å². The Labute approximate surface area is 87.7 Å². The first kappa shape index (κ1) is 9.71. The van der Waals surface area contributed by atoms with Gasteiger partial charge in [0.1, 0.15) is 11.5 Å². The Bertz CT molecular complexity index is 438. The van der Waals surface area contributed by atoms with Gasteiger partial charge in [0, 0.05) is 12.8 Å². The molecule has 15 heavy (non-hydrogen) atoms. The molecule has 1 aromatic rings. The van der Waals surface area contributed by atoms with Gasteiger partial charge in [-0.25, -0.2) is 0 Å². The zero-order chi connectivity index (χ0) is 10.8. The van der Waals surface area contributed by atoms with Crippen LogP contribution in [0.3, 0.4) is 0 Å². The van der Waals surface area contributed by atoms with Gasteiger partial charge >= 0.3 is 0 Å². The monoisotopic (exact) mass is 204 g/mol. The van der Waals surface area contributed by atoms with Gasteiger partial charge in [-0.1, -0.05) is 6.07 Å². The summed E-state index contributed by atoms with van der Waals surface area (Å²) in [7, 11) is 1.62. The quantitative estimate of drug-likeness (QED) is 0.540. The highest BCUT2D eigenvalue weighted by Crippen LogP contribution is 2.22. The molecule has 0 fully saturated rings. The molecule has 1 aromatic carbocycles. The molecule has 1 aliphatic carbocycles. The number of fused-ring (bicyclic) bond motifs is 1. The van der Waals surface area contributed by atoms with Crippen molar-refractivity contribution >= 4 is 11.5 Å². The van der Waals surface area contributed by atoms with Crippen molar-refractivity contribution < 1.29 is 9.53 Å². The van der Waals surface area contributed by atoms with E-state index >= 15 is 0 Å². The fraction of sp³-hybridized carbons (Fsp3) is 0.273. The summed E-state index contributed by atoms with van der Waals surface area (Å²) in [6, 6.07) is 5.70. The minimum absolute atomic E-state index is 0.00941. The Morgan fingerprint density at radius 2 is 2.13 bits per heavy atom. The summed E-state index contributed by atoms with van der Waals surface area (Å²) in [5.41, 5.74) is 2.54. The Morgan fingerprint density at radius 3 is 2.80 bits per heavy atom. The second-order valence-corrected chi connectivity index (χ2v) is 3.49. The fourth-order valence-electron chi connectivity index (χ4n) is 1.74. The summed E-state index contributed by atoms with van der Waals surface area (Å²) in [6.45, 7) is 0. The first-order chi connectivity index (χ1) is 7.24. The minimum atomic E-state index is 0.00941. The number of methoxy groups -OCH3 is 1. The van der Waals surface area contributed by atoms with E-state index in [1.807, 2.05) is 18.2 Å². The smallest absolute Gasteiger partial charge is 0.183 e. The molecule has 0 unspecified atom stereocenters. The molecule has 0 saturated heterocycles. The second kappa shape index (κ2) is 3.73. The number of ether oxygens (including phenoxy) is 1. The molecular weight excluding hydrogens is 192 g/mol. The molecule has 0 aromatic heterocycles. The topological polar surface area (TPSA) is 64.7 Å². The molecule has 0 atom stereocenters. The van der Waals surface area contributed by atoms with Crippen molar-refractivity contribution in [2.45, 2.75) is 12.8 Å². The predicted molar refractivity (Wildman–Crippen MR) is 57.0 cm³/mol. The number of ketones is 1. The number of hydrazone groups is 1. The Kier molecular flexibility index (Phi) is 2.41. The lowest BCUT2D eigenvalue weighted by Gasteiger charge is -2.16. The minimum Gasteiger partial charge on any atom is -0.497 e. The largest absolute Gasteiger partial charge is 0.497 e. The van der Waals surface area contributed by atoms with Gasteiger partial charge in [-0.15, -0.1) is 0 Å². The van der Waals surface area contributed by atoms with Gasteiger partial charge in [0.15, 0.2) is 5.78 Å². The van der Waals surface area contributed by atoms with Crippen LogP contribution in [0, 0.1) is 0 Å². The van der Waals surface area contributed by atoms with Gasteiger partial charge in [-0.05, 0) is 23.3 Å². The summed E-state index contributed by atoms with van der Waals surface area (Å²) >= 11 is 0. The van der Waals surface area contributed by atoms with E-state index < -0.39 is 0 Å². The number of hydrogen-bond donors (Lipinski definition) is 1. The molecule has 0 aliphatic heterocycles. The number of nitrogens with two attached hydrogens (primary N) is 1. The normalized spacial score (nSPS) is 17.7. The van der Waals surface area contributed by atoms with Crippen molar-refractivity contribution in [3.63, 3.8) is 0 Å². The van der Waals surface area contributed by atoms with Crippen LogP contribution >= 0.6 is 0 Å². The van der Waals surface area contributed by atoms with Crippen LogP contribution in [0.2, 0.25) is 0 Å². The van der Waals surface area contributed by atoms with Crippen LogP contribution in [-0.2, 0) is 17.6 Å². The van der Waals surface area contributed by atoms with E-state index in [2.05, 4.69) is 5.10 Å².